The smallest absolute Gasteiger partial charge is 0.472 e. The van der Waals surface area contributed by atoms with Gasteiger partial charge in [0.25, 0.3) is 0 Å². The molecule has 232 valence electrons. The van der Waals surface area contributed by atoms with Gasteiger partial charge in [0.05, 0.1) is 47.5 Å². The molecule has 0 aliphatic carbocycles. The van der Waals surface area contributed by atoms with Crippen LogP contribution in [0.4, 0.5) is 0 Å². The molecule has 0 heterocycles. The van der Waals surface area contributed by atoms with Crippen molar-refractivity contribution < 1.29 is 32.5 Å². The van der Waals surface area contributed by atoms with Crippen molar-refractivity contribution in [3.8, 4) is 5.75 Å². The van der Waals surface area contributed by atoms with Gasteiger partial charge in [-0.05, 0) is 42.9 Å². The standard InChI is InChI=1S/C32H58NO6P/c1-6-8-9-10-11-12-13-14-15-16-24-37-32-21-19-29(20-22-32)26-30(27-31(34)18-7-2)28-39-40(35,36)38-25-17-23-33(3,4)5/h19-22,30H,6-18,23-28H2,1-5H3/p+1. The molecule has 40 heavy (non-hydrogen) atoms. The molecule has 2 unspecified atom stereocenters. The Balaban J connectivity index is 2.43. The molecule has 1 aromatic carbocycles. The van der Waals surface area contributed by atoms with Crippen LogP contribution in [0.2, 0.25) is 0 Å². The van der Waals surface area contributed by atoms with Gasteiger partial charge >= 0.3 is 7.82 Å². The lowest BCUT2D eigenvalue weighted by atomic mass is 9.94. The summed E-state index contributed by atoms with van der Waals surface area (Å²) < 4.78 is 29.6. The second-order valence-corrected chi connectivity index (χ2v) is 13.7. The van der Waals surface area contributed by atoms with Gasteiger partial charge in [-0.3, -0.25) is 13.8 Å². The third-order valence-electron chi connectivity index (χ3n) is 6.96. The third kappa shape index (κ3) is 20.6. The first-order chi connectivity index (χ1) is 19.0. The molecule has 1 aromatic rings. The molecule has 0 aliphatic rings. The summed E-state index contributed by atoms with van der Waals surface area (Å²) in [5.41, 5.74) is 1.04. The average Bonchev–Trinajstić information content (AvgIpc) is 2.89. The van der Waals surface area contributed by atoms with Gasteiger partial charge in [0.1, 0.15) is 11.5 Å². The highest BCUT2D eigenvalue weighted by molar-refractivity contribution is 7.47. The molecule has 0 radical (unpaired) electrons. The number of quaternary nitrogens is 1. The van der Waals surface area contributed by atoms with Gasteiger partial charge in [0, 0.05) is 19.3 Å². The second kappa shape index (κ2) is 21.5. The first kappa shape index (κ1) is 36.8. The Morgan fingerprint density at radius 2 is 1.43 bits per heavy atom. The van der Waals surface area contributed by atoms with Crippen LogP contribution in [-0.4, -0.2) is 62.7 Å². The van der Waals surface area contributed by atoms with E-state index in [2.05, 4.69) is 28.1 Å². The molecular weight excluding hydrogens is 525 g/mol. The normalized spacial score (nSPS) is 14.2. The number of carbonyl (C=O) groups excluding carboxylic acids is 1. The van der Waals surface area contributed by atoms with E-state index in [1.165, 1.54) is 57.8 Å². The molecule has 0 saturated carbocycles. The maximum absolute atomic E-state index is 12.4. The number of phosphoric ester groups is 1. The quantitative estimate of drug-likeness (QED) is 0.0672. The van der Waals surface area contributed by atoms with Crippen LogP contribution >= 0.6 is 7.82 Å². The van der Waals surface area contributed by atoms with Crippen LogP contribution in [0.25, 0.3) is 0 Å². The van der Waals surface area contributed by atoms with Gasteiger partial charge in [-0.1, -0.05) is 83.8 Å². The van der Waals surface area contributed by atoms with Crippen molar-refractivity contribution in [2.75, 3.05) is 47.5 Å². The number of hydrogen-bond donors (Lipinski definition) is 1. The molecular formula is C32H59NO6P+. The first-order valence-corrected chi connectivity index (χ1v) is 17.2. The molecule has 0 aromatic heterocycles. The minimum atomic E-state index is -4.17. The molecule has 0 fully saturated rings. The van der Waals surface area contributed by atoms with E-state index in [4.69, 9.17) is 13.8 Å². The van der Waals surface area contributed by atoms with E-state index in [9.17, 15) is 14.3 Å². The van der Waals surface area contributed by atoms with Crippen LogP contribution in [0.3, 0.4) is 0 Å². The number of unbranched alkanes of at least 4 members (excludes halogenated alkanes) is 9. The van der Waals surface area contributed by atoms with Crippen LogP contribution in [0.1, 0.15) is 109 Å². The summed E-state index contributed by atoms with van der Waals surface area (Å²) in [6, 6.07) is 7.94. The van der Waals surface area contributed by atoms with Gasteiger partial charge in [0.2, 0.25) is 0 Å². The number of nitrogens with zero attached hydrogens (tertiary/aromatic N) is 1. The lowest BCUT2D eigenvalue weighted by Crippen LogP contribution is -2.35. The van der Waals surface area contributed by atoms with Gasteiger partial charge in [-0.2, -0.15) is 0 Å². The highest BCUT2D eigenvalue weighted by Crippen LogP contribution is 2.44. The minimum absolute atomic E-state index is 0.00441. The van der Waals surface area contributed by atoms with Crippen molar-refractivity contribution in [2.24, 2.45) is 5.92 Å². The van der Waals surface area contributed by atoms with E-state index in [-0.39, 0.29) is 24.9 Å². The summed E-state index contributed by atoms with van der Waals surface area (Å²) in [7, 11) is 2.01. The fourth-order valence-corrected chi connectivity index (χ4v) is 5.52. The minimum Gasteiger partial charge on any atom is -0.494 e. The number of benzene rings is 1. The highest BCUT2D eigenvalue weighted by Gasteiger charge is 2.25. The molecule has 1 N–H and O–H groups in total. The summed E-state index contributed by atoms with van der Waals surface area (Å²) >= 11 is 0. The molecule has 2 atom stereocenters. The maximum Gasteiger partial charge on any atom is 0.472 e. The van der Waals surface area contributed by atoms with Crippen LogP contribution in [-0.2, 0) is 24.8 Å². The molecule has 8 heteroatoms. The zero-order valence-electron chi connectivity index (χ0n) is 26.2. The Labute approximate surface area is 245 Å². The van der Waals surface area contributed by atoms with Crippen molar-refractivity contribution in [3.05, 3.63) is 29.8 Å². The van der Waals surface area contributed by atoms with E-state index in [0.29, 0.717) is 25.7 Å². The van der Waals surface area contributed by atoms with Gasteiger partial charge < -0.3 is 14.1 Å². The summed E-state index contributed by atoms with van der Waals surface area (Å²) in [6.07, 6.45) is 15.8. The lowest BCUT2D eigenvalue weighted by Gasteiger charge is -2.24. The number of rotatable bonds is 26. The van der Waals surface area contributed by atoms with E-state index in [0.717, 1.165) is 41.8 Å². The topological polar surface area (TPSA) is 82.1 Å². The Hall–Kier alpha value is -1.24. The molecule has 7 nitrogen and oxygen atoms in total. The number of Topliss-reactive ketones (excluding diaryl/α,β-unsaturated/α-hetero) is 1. The Bertz CT molecular complexity index is 824. The van der Waals surface area contributed by atoms with E-state index < -0.39 is 7.82 Å². The van der Waals surface area contributed by atoms with Crippen molar-refractivity contribution >= 4 is 13.6 Å². The van der Waals surface area contributed by atoms with E-state index >= 15 is 0 Å². The first-order valence-electron chi connectivity index (χ1n) is 15.7. The van der Waals surface area contributed by atoms with Crippen molar-refractivity contribution in [2.45, 2.75) is 110 Å². The molecule has 1 rings (SSSR count). The number of phosphoric acid groups is 1. The van der Waals surface area contributed by atoms with E-state index in [1.807, 2.05) is 31.2 Å². The summed E-state index contributed by atoms with van der Waals surface area (Å²) in [6.45, 7) is 5.93. The summed E-state index contributed by atoms with van der Waals surface area (Å²) in [5, 5.41) is 0. The fraction of sp³-hybridized carbons (Fsp3) is 0.781. The SMILES string of the molecule is CCCCCCCCCCCCOc1ccc(CC(COP(=O)(O)OCCC[N+](C)(C)C)CC(=O)CCC)cc1. The predicted octanol–water partition coefficient (Wildman–Crippen LogP) is 8.13. The molecule has 0 bridgehead atoms. The van der Waals surface area contributed by atoms with Crippen LogP contribution in [0, 0.1) is 5.92 Å². The summed E-state index contributed by atoms with van der Waals surface area (Å²) in [4.78, 5) is 22.5. The van der Waals surface area contributed by atoms with Crippen molar-refractivity contribution in [1.82, 2.24) is 0 Å². The number of ketones is 1. The van der Waals surface area contributed by atoms with Crippen LogP contribution < -0.4 is 4.74 Å². The number of ether oxygens (including phenoxy) is 1. The Kier molecular flexibility index (Phi) is 19.7. The zero-order chi connectivity index (χ0) is 29.7. The van der Waals surface area contributed by atoms with Crippen molar-refractivity contribution in [3.63, 3.8) is 0 Å². The van der Waals surface area contributed by atoms with Gasteiger partial charge in [-0.15, -0.1) is 0 Å². The lowest BCUT2D eigenvalue weighted by molar-refractivity contribution is -0.870. The van der Waals surface area contributed by atoms with E-state index in [1.54, 1.807) is 0 Å². The molecule has 0 aliphatic heterocycles. The molecule has 0 saturated heterocycles. The van der Waals surface area contributed by atoms with Gasteiger partial charge in [0.15, 0.2) is 0 Å². The Morgan fingerprint density at radius 1 is 0.825 bits per heavy atom. The fourth-order valence-electron chi connectivity index (χ4n) is 4.68. The summed E-state index contributed by atoms with van der Waals surface area (Å²) in [5.74, 6) is 0.786. The third-order valence-corrected chi connectivity index (χ3v) is 7.94. The van der Waals surface area contributed by atoms with Crippen molar-refractivity contribution in [1.29, 1.82) is 0 Å². The maximum atomic E-state index is 12.4. The largest absolute Gasteiger partial charge is 0.494 e. The average molecular weight is 585 g/mol. The number of carbonyl (C=O) groups is 1. The molecule has 0 spiro atoms. The highest BCUT2D eigenvalue weighted by atomic mass is 31.2. The second-order valence-electron chi connectivity index (χ2n) is 12.2. The van der Waals surface area contributed by atoms with Crippen LogP contribution in [0.15, 0.2) is 24.3 Å². The monoisotopic (exact) mass is 584 g/mol. The predicted molar refractivity (Wildman–Crippen MR) is 165 cm³/mol. The van der Waals surface area contributed by atoms with Gasteiger partial charge in [-0.25, -0.2) is 4.57 Å². The Morgan fingerprint density at radius 3 is 2.00 bits per heavy atom. The van der Waals surface area contributed by atoms with Crippen LogP contribution in [0.5, 0.6) is 5.75 Å². The zero-order valence-corrected chi connectivity index (χ0v) is 27.1. The molecule has 0 amide bonds. The number of hydrogen-bond acceptors (Lipinski definition) is 5.